The Morgan fingerprint density at radius 2 is 2.08 bits per heavy atom. The van der Waals surface area contributed by atoms with Crippen LogP contribution in [0.3, 0.4) is 0 Å². The Morgan fingerprint density at radius 3 is 2.79 bits per heavy atom. The number of nitrogen functional groups attached to an aromatic ring is 1. The number of fused-ring (bicyclic) bond motifs is 2. The van der Waals surface area contributed by atoms with E-state index in [0.717, 1.165) is 5.39 Å². The van der Waals surface area contributed by atoms with Gasteiger partial charge >= 0.3 is 0 Å². The fourth-order valence-electron chi connectivity index (χ4n) is 3.76. The molecule has 8 nitrogen and oxygen atoms in total. The van der Waals surface area contributed by atoms with Crippen molar-refractivity contribution in [3.05, 3.63) is 18.6 Å². The predicted octanol–water partition coefficient (Wildman–Crippen LogP) is 1.41. The maximum atomic E-state index is 12.1. The van der Waals surface area contributed by atoms with Gasteiger partial charge in [-0.2, -0.15) is 0 Å². The van der Waals surface area contributed by atoms with Gasteiger partial charge in [0.05, 0.1) is 5.39 Å². The molecule has 2 N–H and O–H groups in total. The molecule has 4 rings (SSSR count). The van der Waals surface area contributed by atoms with Crippen LogP contribution in [0.5, 0.6) is 0 Å². The minimum absolute atomic E-state index is 0.0966. The molecule has 0 bridgehead atoms. The van der Waals surface area contributed by atoms with Crippen LogP contribution in [0.2, 0.25) is 0 Å². The molecule has 8 heteroatoms. The van der Waals surface area contributed by atoms with E-state index in [0.29, 0.717) is 11.5 Å². The third kappa shape index (κ3) is 2.00. The van der Waals surface area contributed by atoms with E-state index in [1.54, 1.807) is 0 Å². The van der Waals surface area contributed by atoms with Crippen molar-refractivity contribution >= 4 is 22.6 Å². The van der Waals surface area contributed by atoms with Crippen LogP contribution in [-0.2, 0) is 19.0 Å². The Kier molecular flexibility index (Phi) is 3.07. The van der Waals surface area contributed by atoms with E-state index < -0.39 is 29.8 Å². The second kappa shape index (κ2) is 4.75. The number of ketones is 1. The van der Waals surface area contributed by atoms with Crippen molar-refractivity contribution in [2.24, 2.45) is 0 Å². The average molecular weight is 332 g/mol. The molecule has 0 radical (unpaired) electrons. The highest BCUT2D eigenvalue weighted by Gasteiger charge is 2.65. The van der Waals surface area contributed by atoms with Crippen LogP contribution in [0.15, 0.2) is 18.6 Å². The van der Waals surface area contributed by atoms with Gasteiger partial charge in [0.25, 0.3) is 0 Å². The number of carbonyl (C=O) groups is 1. The third-order valence-electron chi connectivity index (χ3n) is 4.68. The molecule has 0 spiro atoms. The van der Waals surface area contributed by atoms with Crippen molar-refractivity contribution in [2.75, 3.05) is 5.73 Å². The number of Topliss-reactive ketones (excluding diaryl/α,β-unsaturated/α-hetero) is 1. The van der Waals surface area contributed by atoms with Crippen molar-refractivity contribution in [2.45, 2.75) is 57.5 Å². The highest BCUT2D eigenvalue weighted by atomic mass is 16.8. The topological polar surface area (TPSA) is 101 Å². The van der Waals surface area contributed by atoms with Gasteiger partial charge in [0.2, 0.25) is 0 Å². The lowest BCUT2D eigenvalue weighted by Gasteiger charge is -2.30. The Balaban J connectivity index is 1.85. The first-order valence-corrected chi connectivity index (χ1v) is 7.84. The molecule has 0 aliphatic carbocycles. The maximum Gasteiger partial charge on any atom is 0.168 e. The smallest absolute Gasteiger partial charge is 0.168 e. The summed E-state index contributed by atoms with van der Waals surface area (Å²) in [7, 11) is 0. The molecule has 2 aromatic heterocycles. The van der Waals surface area contributed by atoms with E-state index in [1.807, 2.05) is 37.6 Å². The second-order valence-electron chi connectivity index (χ2n) is 6.96. The average Bonchev–Trinajstić information content (AvgIpc) is 3.07. The number of aromatic nitrogens is 3. The molecule has 2 aliphatic rings. The van der Waals surface area contributed by atoms with Gasteiger partial charge < -0.3 is 24.5 Å². The highest BCUT2D eigenvalue weighted by Crippen LogP contribution is 2.51. The van der Waals surface area contributed by atoms with E-state index in [2.05, 4.69) is 9.97 Å². The standard InChI is InChI=1S/C16H20N4O4/c1-8(21)10-11-16(4,24-15(2,3)23-11)14(22-10)20-6-5-9-12(17)18-7-19-13(9)20/h5-7,10-11,14H,1-4H3,(H2,17,18,19). The molecular weight excluding hydrogens is 312 g/mol. The van der Waals surface area contributed by atoms with Crippen LogP contribution in [0.1, 0.15) is 33.9 Å². The highest BCUT2D eigenvalue weighted by molar-refractivity contribution is 5.86. The monoisotopic (exact) mass is 332 g/mol. The van der Waals surface area contributed by atoms with Gasteiger partial charge in [0.1, 0.15) is 35.6 Å². The number of nitrogens with two attached hydrogens (primary N) is 1. The molecule has 4 atom stereocenters. The van der Waals surface area contributed by atoms with E-state index in [-0.39, 0.29) is 5.78 Å². The molecule has 4 heterocycles. The van der Waals surface area contributed by atoms with Crippen molar-refractivity contribution in [3.8, 4) is 0 Å². The summed E-state index contributed by atoms with van der Waals surface area (Å²) >= 11 is 0. The summed E-state index contributed by atoms with van der Waals surface area (Å²) in [6, 6.07) is 1.83. The van der Waals surface area contributed by atoms with Crippen LogP contribution >= 0.6 is 0 Å². The first-order chi connectivity index (χ1) is 11.2. The van der Waals surface area contributed by atoms with Gasteiger partial charge in [-0.15, -0.1) is 0 Å². The Bertz CT molecular complexity index is 833. The molecule has 2 fully saturated rings. The molecule has 0 saturated carbocycles. The van der Waals surface area contributed by atoms with Crippen molar-refractivity contribution in [1.82, 2.24) is 14.5 Å². The Labute approximate surface area is 138 Å². The summed E-state index contributed by atoms with van der Waals surface area (Å²) < 4.78 is 20.0. The first-order valence-electron chi connectivity index (χ1n) is 7.84. The summed E-state index contributed by atoms with van der Waals surface area (Å²) in [5.74, 6) is -0.502. The van der Waals surface area contributed by atoms with Gasteiger partial charge in [0.15, 0.2) is 17.8 Å². The summed E-state index contributed by atoms with van der Waals surface area (Å²) in [4.78, 5) is 20.4. The number of hydrogen-bond acceptors (Lipinski definition) is 7. The normalized spacial score (nSPS) is 34.6. The van der Waals surface area contributed by atoms with Gasteiger partial charge in [-0.25, -0.2) is 9.97 Å². The Hall–Kier alpha value is -2.03. The minimum Gasteiger partial charge on any atom is -0.383 e. The summed E-state index contributed by atoms with van der Waals surface area (Å²) in [5, 5.41) is 0.728. The zero-order valence-electron chi connectivity index (χ0n) is 14.0. The largest absolute Gasteiger partial charge is 0.383 e. The van der Waals surface area contributed by atoms with E-state index in [1.165, 1.54) is 13.3 Å². The molecule has 4 unspecified atom stereocenters. The summed E-state index contributed by atoms with van der Waals surface area (Å²) in [5.41, 5.74) is 5.71. The lowest BCUT2D eigenvalue weighted by molar-refractivity contribution is -0.213. The minimum atomic E-state index is -0.828. The van der Waals surface area contributed by atoms with Crippen LogP contribution < -0.4 is 5.73 Å². The number of nitrogens with zero attached hydrogens (tertiary/aromatic N) is 3. The van der Waals surface area contributed by atoms with Crippen molar-refractivity contribution in [3.63, 3.8) is 0 Å². The molecule has 0 aromatic carbocycles. The van der Waals surface area contributed by atoms with Gasteiger partial charge in [-0.05, 0) is 33.8 Å². The number of hydrogen-bond donors (Lipinski definition) is 1. The molecule has 128 valence electrons. The number of anilines is 1. The number of ether oxygens (including phenoxy) is 3. The van der Waals surface area contributed by atoms with Crippen LogP contribution in [0.25, 0.3) is 11.0 Å². The molecule has 0 amide bonds. The van der Waals surface area contributed by atoms with Crippen LogP contribution in [0, 0.1) is 0 Å². The van der Waals surface area contributed by atoms with Crippen molar-refractivity contribution in [1.29, 1.82) is 0 Å². The summed E-state index contributed by atoms with van der Waals surface area (Å²) in [6.45, 7) is 7.06. The zero-order valence-corrected chi connectivity index (χ0v) is 14.0. The summed E-state index contributed by atoms with van der Waals surface area (Å²) in [6.07, 6.45) is 1.47. The van der Waals surface area contributed by atoms with Gasteiger partial charge in [-0.1, -0.05) is 0 Å². The van der Waals surface area contributed by atoms with Gasteiger partial charge in [0, 0.05) is 6.20 Å². The Morgan fingerprint density at radius 1 is 1.33 bits per heavy atom. The lowest BCUT2D eigenvalue weighted by atomic mass is 9.95. The SMILES string of the molecule is CC(=O)C1OC(n2ccc3c(N)ncnc32)C2(C)OC(C)(C)OC12. The second-order valence-corrected chi connectivity index (χ2v) is 6.96. The molecule has 24 heavy (non-hydrogen) atoms. The molecular formula is C16H20N4O4. The van der Waals surface area contributed by atoms with Crippen molar-refractivity contribution < 1.29 is 19.0 Å². The fraction of sp³-hybridized carbons (Fsp3) is 0.562. The predicted molar refractivity (Wildman–Crippen MR) is 85.0 cm³/mol. The van der Waals surface area contributed by atoms with E-state index in [9.17, 15) is 4.79 Å². The van der Waals surface area contributed by atoms with E-state index >= 15 is 0 Å². The molecule has 2 saturated heterocycles. The fourth-order valence-corrected chi connectivity index (χ4v) is 3.76. The maximum absolute atomic E-state index is 12.1. The van der Waals surface area contributed by atoms with E-state index in [4.69, 9.17) is 19.9 Å². The van der Waals surface area contributed by atoms with Gasteiger partial charge in [-0.3, -0.25) is 4.79 Å². The number of carbonyl (C=O) groups excluding carboxylic acids is 1. The zero-order chi connectivity index (χ0) is 17.3. The van der Waals surface area contributed by atoms with Crippen LogP contribution in [-0.4, -0.2) is 43.9 Å². The first kappa shape index (κ1) is 15.5. The van der Waals surface area contributed by atoms with Crippen LogP contribution in [0.4, 0.5) is 5.82 Å². The molecule has 2 aliphatic heterocycles. The number of rotatable bonds is 2. The third-order valence-corrected chi connectivity index (χ3v) is 4.68. The lowest BCUT2D eigenvalue weighted by Crippen LogP contribution is -2.42. The molecule has 2 aromatic rings. The quantitative estimate of drug-likeness (QED) is 0.887.